The normalized spacial score (nSPS) is 10.7. The van der Waals surface area contributed by atoms with Crippen molar-refractivity contribution < 1.29 is 14.3 Å². The molecule has 0 fully saturated rings. The highest BCUT2D eigenvalue weighted by molar-refractivity contribution is 6.35. The minimum Gasteiger partial charge on any atom is -0.491 e. The minimum atomic E-state index is -0.778. The summed E-state index contributed by atoms with van der Waals surface area (Å²) in [7, 11) is 0. The first kappa shape index (κ1) is 16.7. The largest absolute Gasteiger partial charge is 0.491 e. The molecule has 114 valence electrons. The van der Waals surface area contributed by atoms with E-state index in [0.717, 1.165) is 17.7 Å². The lowest BCUT2D eigenvalue weighted by Crippen LogP contribution is -2.38. The molecule has 0 radical (unpaired) electrons. The Morgan fingerprint density at radius 3 is 2.48 bits per heavy atom. The summed E-state index contributed by atoms with van der Waals surface area (Å²) in [5, 5.41) is 6.20. The number of hydrazone groups is 1. The molecule has 0 aliphatic heterocycles. The Labute approximate surface area is 124 Å². The van der Waals surface area contributed by atoms with Gasteiger partial charge < -0.3 is 10.1 Å². The summed E-state index contributed by atoms with van der Waals surface area (Å²) < 4.78 is 5.51. The van der Waals surface area contributed by atoms with Crippen molar-refractivity contribution in [3.63, 3.8) is 0 Å². The van der Waals surface area contributed by atoms with Gasteiger partial charge in [-0.1, -0.05) is 6.92 Å². The second kappa shape index (κ2) is 8.73. The molecule has 2 amide bonds. The number of nitrogens with one attached hydrogen (secondary N) is 2. The lowest BCUT2D eigenvalue weighted by Gasteiger charge is -2.09. The maximum Gasteiger partial charge on any atom is 0.329 e. The molecule has 21 heavy (non-hydrogen) atoms. The van der Waals surface area contributed by atoms with E-state index in [1.54, 1.807) is 0 Å². The van der Waals surface area contributed by atoms with Crippen LogP contribution in [0.15, 0.2) is 29.4 Å². The summed E-state index contributed by atoms with van der Waals surface area (Å²) in [6.07, 6.45) is 2.35. The molecule has 1 aromatic rings. The fourth-order valence-electron chi connectivity index (χ4n) is 1.44. The first-order valence-corrected chi connectivity index (χ1v) is 6.91. The number of benzene rings is 1. The number of hydrogen-bond donors (Lipinski definition) is 2. The van der Waals surface area contributed by atoms with Crippen LogP contribution in [0.2, 0.25) is 0 Å². The lowest BCUT2D eigenvalue weighted by atomic mass is 10.2. The molecule has 0 spiro atoms. The molecule has 0 unspecified atom stereocenters. The molecule has 6 nitrogen and oxygen atoms in total. The van der Waals surface area contributed by atoms with Gasteiger partial charge in [0.2, 0.25) is 0 Å². The first-order chi connectivity index (χ1) is 10.0. The first-order valence-electron chi connectivity index (χ1n) is 6.91. The van der Waals surface area contributed by atoms with Gasteiger partial charge in [-0.15, -0.1) is 0 Å². The van der Waals surface area contributed by atoms with Gasteiger partial charge in [0.25, 0.3) is 0 Å². The summed E-state index contributed by atoms with van der Waals surface area (Å²) in [5.74, 6) is -0.695. The van der Waals surface area contributed by atoms with Crippen molar-refractivity contribution >= 4 is 18.0 Å². The van der Waals surface area contributed by atoms with Gasteiger partial charge in [-0.3, -0.25) is 9.59 Å². The quantitative estimate of drug-likeness (QED) is 0.473. The molecule has 0 atom stereocenters. The smallest absolute Gasteiger partial charge is 0.329 e. The van der Waals surface area contributed by atoms with Gasteiger partial charge in [0.05, 0.1) is 12.3 Å². The van der Waals surface area contributed by atoms with Gasteiger partial charge in [-0.2, -0.15) is 5.10 Å². The Kier molecular flexibility index (Phi) is 6.94. The summed E-state index contributed by atoms with van der Waals surface area (Å²) in [6.45, 7) is 6.28. The van der Waals surface area contributed by atoms with Gasteiger partial charge in [-0.05, 0) is 50.1 Å². The Morgan fingerprint density at radius 2 is 1.90 bits per heavy atom. The van der Waals surface area contributed by atoms with E-state index >= 15 is 0 Å². The second-order valence-corrected chi connectivity index (χ2v) is 4.69. The average Bonchev–Trinajstić information content (AvgIpc) is 2.45. The topological polar surface area (TPSA) is 79.8 Å². The van der Waals surface area contributed by atoms with Crippen molar-refractivity contribution in [2.45, 2.75) is 33.3 Å². The molecule has 0 bridgehead atoms. The highest BCUT2D eigenvalue weighted by atomic mass is 16.5. The lowest BCUT2D eigenvalue weighted by molar-refractivity contribution is -0.139. The van der Waals surface area contributed by atoms with Crippen LogP contribution in [-0.2, 0) is 9.59 Å². The number of nitrogens with zero attached hydrogens (tertiary/aromatic N) is 1. The van der Waals surface area contributed by atoms with Gasteiger partial charge in [0.1, 0.15) is 5.75 Å². The minimum absolute atomic E-state index is 0.116. The van der Waals surface area contributed by atoms with Gasteiger partial charge in [-0.25, -0.2) is 5.43 Å². The van der Waals surface area contributed by atoms with E-state index in [9.17, 15) is 9.59 Å². The number of hydrogen-bond acceptors (Lipinski definition) is 4. The van der Waals surface area contributed by atoms with E-state index in [4.69, 9.17) is 4.74 Å². The van der Waals surface area contributed by atoms with Gasteiger partial charge in [0.15, 0.2) is 0 Å². The third kappa shape index (κ3) is 6.56. The zero-order chi connectivity index (χ0) is 15.7. The summed E-state index contributed by atoms with van der Waals surface area (Å²) >= 11 is 0. The Morgan fingerprint density at radius 1 is 1.24 bits per heavy atom. The molecule has 0 saturated heterocycles. The molecule has 0 heterocycles. The molecule has 0 aliphatic carbocycles. The maximum atomic E-state index is 11.4. The molecule has 0 aliphatic rings. The molecule has 0 aromatic heterocycles. The van der Waals surface area contributed by atoms with E-state index in [-0.39, 0.29) is 6.10 Å². The van der Waals surface area contributed by atoms with E-state index in [1.807, 2.05) is 45.0 Å². The zero-order valence-electron chi connectivity index (χ0n) is 12.6. The van der Waals surface area contributed by atoms with Crippen molar-refractivity contribution in [1.82, 2.24) is 10.7 Å². The van der Waals surface area contributed by atoms with Gasteiger partial charge >= 0.3 is 11.8 Å². The SMILES string of the molecule is CCCNC(=O)C(=O)N/N=C\c1ccc(OC(C)C)cc1. The number of ether oxygens (including phenoxy) is 1. The van der Waals surface area contributed by atoms with Crippen LogP contribution >= 0.6 is 0 Å². The number of amides is 2. The van der Waals surface area contributed by atoms with Crippen molar-refractivity contribution in [2.24, 2.45) is 5.10 Å². The van der Waals surface area contributed by atoms with E-state index in [1.165, 1.54) is 6.21 Å². The summed E-state index contributed by atoms with van der Waals surface area (Å²) in [4.78, 5) is 22.6. The van der Waals surface area contributed by atoms with E-state index in [2.05, 4.69) is 15.8 Å². The number of rotatable bonds is 6. The highest BCUT2D eigenvalue weighted by Gasteiger charge is 2.10. The fourth-order valence-corrected chi connectivity index (χ4v) is 1.44. The van der Waals surface area contributed by atoms with E-state index < -0.39 is 11.8 Å². The number of carbonyl (C=O) groups is 2. The average molecular weight is 291 g/mol. The van der Waals surface area contributed by atoms with Crippen LogP contribution in [0, 0.1) is 0 Å². The van der Waals surface area contributed by atoms with Gasteiger partial charge in [0, 0.05) is 6.54 Å². The maximum absolute atomic E-state index is 11.4. The summed E-state index contributed by atoms with van der Waals surface area (Å²) in [5.41, 5.74) is 2.97. The monoisotopic (exact) mass is 291 g/mol. The number of carbonyl (C=O) groups excluding carboxylic acids is 2. The third-order valence-corrected chi connectivity index (χ3v) is 2.37. The summed E-state index contributed by atoms with van der Waals surface area (Å²) in [6, 6.07) is 7.25. The predicted octanol–water partition coefficient (Wildman–Crippen LogP) is 1.45. The zero-order valence-corrected chi connectivity index (χ0v) is 12.6. The van der Waals surface area contributed by atoms with Crippen molar-refractivity contribution in [3.05, 3.63) is 29.8 Å². The highest BCUT2D eigenvalue weighted by Crippen LogP contribution is 2.12. The molecule has 1 rings (SSSR count). The van der Waals surface area contributed by atoms with Crippen LogP contribution < -0.4 is 15.5 Å². The van der Waals surface area contributed by atoms with Crippen molar-refractivity contribution in [3.8, 4) is 5.75 Å². The van der Waals surface area contributed by atoms with Crippen LogP contribution in [-0.4, -0.2) is 30.7 Å². The van der Waals surface area contributed by atoms with E-state index in [0.29, 0.717) is 6.54 Å². The molecule has 6 heteroatoms. The molecule has 2 N–H and O–H groups in total. The Balaban J connectivity index is 2.46. The molecule has 0 saturated carbocycles. The van der Waals surface area contributed by atoms with Crippen LogP contribution in [0.5, 0.6) is 5.75 Å². The second-order valence-electron chi connectivity index (χ2n) is 4.69. The Bertz CT molecular complexity index is 495. The molecular formula is C15H21N3O3. The molecule has 1 aromatic carbocycles. The fraction of sp³-hybridized carbons (Fsp3) is 0.400. The standard InChI is InChI=1S/C15H21N3O3/c1-4-9-16-14(19)15(20)18-17-10-12-5-7-13(8-6-12)21-11(2)3/h5-8,10-11H,4,9H2,1-3H3,(H,16,19)(H,18,20)/b17-10-. The molecular weight excluding hydrogens is 270 g/mol. The van der Waals surface area contributed by atoms with Crippen LogP contribution in [0.1, 0.15) is 32.8 Å². The van der Waals surface area contributed by atoms with Crippen molar-refractivity contribution in [2.75, 3.05) is 6.54 Å². The predicted molar refractivity (Wildman–Crippen MR) is 81.2 cm³/mol. The van der Waals surface area contributed by atoms with Crippen LogP contribution in [0.25, 0.3) is 0 Å². The Hall–Kier alpha value is -2.37. The van der Waals surface area contributed by atoms with Crippen LogP contribution in [0.3, 0.4) is 0 Å². The van der Waals surface area contributed by atoms with Crippen LogP contribution in [0.4, 0.5) is 0 Å². The third-order valence-electron chi connectivity index (χ3n) is 2.37. The van der Waals surface area contributed by atoms with Crippen molar-refractivity contribution in [1.29, 1.82) is 0 Å².